The molecule has 144 valence electrons. The summed E-state index contributed by atoms with van der Waals surface area (Å²) in [6.07, 6.45) is -0.0440. The predicted octanol–water partition coefficient (Wildman–Crippen LogP) is 1.57. The molecular weight excluding hydrogens is 369 g/mol. The molecule has 3 rings (SSSR count). The molecule has 0 bridgehead atoms. The number of rotatable bonds is 8. The van der Waals surface area contributed by atoms with E-state index >= 15 is 4.39 Å². The first-order valence-electron chi connectivity index (χ1n) is 8.03. The molecule has 1 aliphatic rings. The molecule has 0 saturated heterocycles. The van der Waals surface area contributed by atoms with Crippen LogP contribution in [0, 0.1) is 5.92 Å². The molecular formula is C15H21ClFN5O4. The lowest BCUT2D eigenvalue weighted by Crippen LogP contribution is -2.31. The van der Waals surface area contributed by atoms with Crippen LogP contribution in [0.25, 0.3) is 11.2 Å². The minimum atomic E-state index is -1.31. The van der Waals surface area contributed by atoms with Crippen molar-refractivity contribution < 1.29 is 23.3 Å². The van der Waals surface area contributed by atoms with Crippen molar-refractivity contribution in [3.63, 3.8) is 0 Å². The zero-order valence-corrected chi connectivity index (χ0v) is 15.2. The third-order valence-electron chi connectivity index (χ3n) is 4.36. The quantitative estimate of drug-likeness (QED) is 0.412. The van der Waals surface area contributed by atoms with Crippen LogP contribution in [0.1, 0.15) is 12.5 Å². The number of fused-ring (bicyclic) bond motifs is 1. The number of imidazole rings is 1. The maximum atomic E-state index is 15.2. The number of anilines is 1. The van der Waals surface area contributed by atoms with Gasteiger partial charge in [-0.2, -0.15) is 9.97 Å². The van der Waals surface area contributed by atoms with E-state index in [-0.39, 0.29) is 30.6 Å². The van der Waals surface area contributed by atoms with Gasteiger partial charge in [0.15, 0.2) is 10.8 Å². The summed E-state index contributed by atoms with van der Waals surface area (Å²) < 4.78 is 37.6. The van der Waals surface area contributed by atoms with Crippen LogP contribution >= 0.6 is 11.6 Å². The topological polar surface area (TPSA) is 107 Å². The molecule has 1 aliphatic carbocycles. The van der Waals surface area contributed by atoms with E-state index in [1.807, 2.05) is 0 Å². The van der Waals surface area contributed by atoms with E-state index in [0.717, 1.165) is 0 Å². The molecule has 1 saturated carbocycles. The number of aromatic nitrogens is 4. The van der Waals surface area contributed by atoms with Crippen molar-refractivity contribution in [2.45, 2.75) is 24.7 Å². The van der Waals surface area contributed by atoms with Crippen molar-refractivity contribution >= 4 is 28.7 Å². The molecule has 2 heterocycles. The predicted molar refractivity (Wildman–Crippen MR) is 91.4 cm³/mol. The summed E-state index contributed by atoms with van der Waals surface area (Å²) in [5.74, 6) is -0.183. The number of nitrogens with two attached hydrogens (primary N) is 1. The number of ether oxygens (including phenoxy) is 4. The summed E-state index contributed by atoms with van der Waals surface area (Å²) in [5.41, 5.74) is 6.44. The van der Waals surface area contributed by atoms with Crippen molar-refractivity contribution in [3.05, 3.63) is 11.5 Å². The fraction of sp³-hybridized carbons (Fsp3) is 0.667. The molecule has 2 N–H and O–H groups in total. The Morgan fingerprint density at radius 1 is 1.31 bits per heavy atom. The summed E-state index contributed by atoms with van der Waals surface area (Å²) in [7, 11) is 3.01. The van der Waals surface area contributed by atoms with E-state index in [9.17, 15) is 0 Å². The summed E-state index contributed by atoms with van der Waals surface area (Å²) in [4.78, 5) is 12.2. The summed E-state index contributed by atoms with van der Waals surface area (Å²) in [6, 6.07) is -0.552. The van der Waals surface area contributed by atoms with Crippen LogP contribution in [0.2, 0.25) is 5.15 Å². The zero-order valence-electron chi connectivity index (χ0n) is 14.5. The summed E-state index contributed by atoms with van der Waals surface area (Å²) in [6.45, 7) is 0.413. The minimum absolute atomic E-state index is 0.00446. The van der Waals surface area contributed by atoms with Gasteiger partial charge in [0.25, 0.3) is 0 Å². The molecule has 1 fully saturated rings. The van der Waals surface area contributed by atoms with Crippen LogP contribution < -0.4 is 5.73 Å². The smallest absolute Gasteiger partial charge is 0.223 e. The van der Waals surface area contributed by atoms with E-state index in [0.29, 0.717) is 24.2 Å². The Labute approximate surface area is 154 Å². The van der Waals surface area contributed by atoms with E-state index in [1.54, 1.807) is 4.57 Å². The standard InChI is InChI=1S/C15H21ClFN5O4/c1-23-6-25-4-8-3-9(10(17)12(8)26-7-24-2)22-5-19-11-13(16)20-15(18)21-14(11)22/h5,8-10,12H,3-4,6-7H2,1-2H3,(H2,18,20,21). The summed E-state index contributed by atoms with van der Waals surface area (Å²) in [5, 5.41) is 0.131. The highest BCUT2D eigenvalue weighted by Crippen LogP contribution is 2.41. The van der Waals surface area contributed by atoms with Gasteiger partial charge >= 0.3 is 0 Å². The van der Waals surface area contributed by atoms with Crippen LogP contribution in [0.15, 0.2) is 6.33 Å². The molecule has 0 spiro atoms. The van der Waals surface area contributed by atoms with Gasteiger partial charge in [-0.1, -0.05) is 11.6 Å². The van der Waals surface area contributed by atoms with Crippen molar-refractivity contribution in [1.29, 1.82) is 0 Å². The van der Waals surface area contributed by atoms with Crippen molar-refractivity contribution in [2.75, 3.05) is 40.1 Å². The molecule has 2 aromatic rings. The Kier molecular flexibility index (Phi) is 6.20. The fourth-order valence-electron chi connectivity index (χ4n) is 3.28. The second-order valence-corrected chi connectivity index (χ2v) is 6.38. The molecule has 4 atom stereocenters. The number of hydrogen-bond acceptors (Lipinski definition) is 8. The first kappa shape index (κ1) is 19.2. The van der Waals surface area contributed by atoms with Crippen LogP contribution in [0.3, 0.4) is 0 Å². The molecule has 4 unspecified atom stereocenters. The van der Waals surface area contributed by atoms with Gasteiger partial charge in [-0.15, -0.1) is 0 Å². The van der Waals surface area contributed by atoms with Gasteiger partial charge < -0.3 is 29.2 Å². The van der Waals surface area contributed by atoms with Gasteiger partial charge in [0.05, 0.1) is 25.1 Å². The average Bonchev–Trinajstić information content (AvgIpc) is 3.15. The third-order valence-corrected chi connectivity index (χ3v) is 4.62. The normalized spacial score (nSPS) is 26.0. The van der Waals surface area contributed by atoms with Crippen molar-refractivity contribution in [2.24, 2.45) is 5.92 Å². The SMILES string of the molecule is COCOCC1CC(n2cnc3c(Cl)nc(N)nc32)C(F)C1OCOC. The third kappa shape index (κ3) is 3.74. The second kappa shape index (κ2) is 8.40. The Hall–Kier alpha value is -1.59. The molecule has 0 radical (unpaired) electrons. The lowest BCUT2D eigenvalue weighted by atomic mass is 10.1. The maximum absolute atomic E-state index is 15.2. The van der Waals surface area contributed by atoms with Gasteiger partial charge in [-0.25, -0.2) is 9.37 Å². The summed E-state index contributed by atoms with van der Waals surface area (Å²) >= 11 is 6.05. The number of methoxy groups -OCH3 is 2. The highest BCUT2D eigenvalue weighted by Gasteiger charge is 2.46. The van der Waals surface area contributed by atoms with Gasteiger partial charge in [0.2, 0.25) is 5.95 Å². The Bertz CT molecular complexity index is 748. The number of nitrogen functional groups attached to an aromatic ring is 1. The van der Waals surface area contributed by atoms with E-state index < -0.39 is 18.3 Å². The maximum Gasteiger partial charge on any atom is 0.223 e. The van der Waals surface area contributed by atoms with Crippen LogP contribution in [0.5, 0.6) is 0 Å². The highest BCUT2D eigenvalue weighted by molar-refractivity contribution is 6.33. The van der Waals surface area contributed by atoms with Gasteiger partial charge in [0.1, 0.15) is 25.3 Å². The Balaban J connectivity index is 1.87. The van der Waals surface area contributed by atoms with Gasteiger partial charge in [0, 0.05) is 20.1 Å². The fourth-order valence-corrected chi connectivity index (χ4v) is 3.50. The van der Waals surface area contributed by atoms with Gasteiger partial charge in [-0.05, 0) is 6.42 Å². The van der Waals surface area contributed by atoms with Crippen molar-refractivity contribution in [1.82, 2.24) is 19.5 Å². The second-order valence-electron chi connectivity index (χ2n) is 6.02. The van der Waals surface area contributed by atoms with Crippen molar-refractivity contribution in [3.8, 4) is 0 Å². The Morgan fingerprint density at radius 3 is 2.81 bits per heavy atom. The number of alkyl halides is 1. The number of nitrogens with zero attached hydrogens (tertiary/aromatic N) is 4. The van der Waals surface area contributed by atoms with E-state index in [4.69, 9.17) is 36.3 Å². The van der Waals surface area contributed by atoms with Crippen LogP contribution in [0.4, 0.5) is 10.3 Å². The highest BCUT2D eigenvalue weighted by atomic mass is 35.5. The van der Waals surface area contributed by atoms with Gasteiger partial charge in [-0.3, -0.25) is 0 Å². The number of hydrogen-bond donors (Lipinski definition) is 1. The zero-order chi connectivity index (χ0) is 18.7. The number of halogens is 2. The monoisotopic (exact) mass is 389 g/mol. The van der Waals surface area contributed by atoms with E-state index in [1.165, 1.54) is 20.5 Å². The molecule has 11 heteroatoms. The van der Waals surface area contributed by atoms with Crippen LogP contribution in [-0.4, -0.2) is 66.2 Å². The first-order chi connectivity index (χ1) is 12.6. The molecule has 26 heavy (non-hydrogen) atoms. The van der Waals surface area contributed by atoms with Crippen LogP contribution in [-0.2, 0) is 18.9 Å². The first-order valence-corrected chi connectivity index (χ1v) is 8.41. The Morgan fingerprint density at radius 2 is 2.08 bits per heavy atom. The molecule has 0 aromatic carbocycles. The molecule has 9 nitrogen and oxygen atoms in total. The van der Waals surface area contributed by atoms with E-state index in [2.05, 4.69) is 15.0 Å². The molecule has 2 aromatic heterocycles. The lowest BCUT2D eigenvalue weighted by molar-refractivity contribution is -0.121. The molecule has 0 aliphatic heterocycles. The molecule has 0 amide bonds. The minimum Gasteiger partial charge on any atom is -0.368 e. The average molecular weight is 390 g/mol. The largest absolute Gasteiger partial charge is 0.368 e. The lowest BCUT2D eigenvalue weighted by Gasteiger charge is -2.21.